The topological polar surface area (TPSA) is 46.6 Å². The van der Waals surface area contributed by atoms with Crippen molar-refractivity contribution < 1.29 is 26.3 Å². The molecule has 0 amide bonds. The number of hydrogen-bond donors (Lipinski definition) is 0. The number of hydrogen-bond acceptors (Lipinski definition) is 4. The summed E-state index contributed by atoms with van der Waals surface area (Å²) in [4.78, 5) is 2.01. The largest absolute Gasteiger partial charge is 0.573 e. The Balaban J connectivity index is 1.84. The average Bonchev–Trinajstić information content (AvgIpc) is 2.74. The Morgan fingerprint density at radius 1 is 0.909 bits per heavy atom. The fraction of sp³-hybridized carbons (Fsp3) is 0.200. The minimum Gasteiger partial charge on any atom is -0.406 e. The molecular weight excluding hydrogens is 451 g/mol. The van der Waals surface area contributed by atoms with Gasteiger partial charge >= 0.3 is 6.36 Å². The lowest BCUT2D eigenvalue weighted by Gasteiger charge is -2.44. The van der Waals surface area contributed by atoms with E-state index in [9.17, 15) is 21.6 Å². The fourth-order valence-electron chi connectivity index (χ4n) is 4.13. The summed E-state index contributed by atoms with van der Waals surface area (Å²) in [7, 11) is -3.77. The Bertz CT molecular complexity index is 1220. The molecule has 4 rings (SSSR count). The lowest BCUT2D eigenvalue weighted by Crippen LogP contribution is -2.40. The quantitative estimate of drug-likeness (QED) is 0.454. The van der Waals surface area contributed by atoms with Crippen molar-refractivity contribution in [3.8, 4) is 5.75 Å². The van der Waals surface area contributed by atoms with Crippen molar-refractivity contribution in [2.45, 2.75) is 18.8 Å². The Labute approximate surface area is 190 Å². The third-order valence-electron chi connectivity index (χ3n) is 5.44. The predicted octanol–water partition coefficient (Wildman–Crippen LogP) is 5.79. The van der Waals surface area contributed by atoms with Crippen LogP contribution in [0.15, 0.2) is 90.6 Å². The zero-order valence-electron chi connectivity index (χ0n) is 17.8. The lowest BCUT2D eigenvalue weighted by molar-refractivity contribution is -0.274. The molecular formula is C25H22F3NO3S. The standard InChI is InChI=1S/C25H22F3NO3S/c1-33(30,31)24(20-13-8-14-21(17-20)32-25(26,27)28)22-15-16-29(22)23(18-9-4-2-5-10-18)19-11-6-3-7-12-19/h2-14,17,23H,15-16H2,1H3. The van der Waals surface area contributed by atoms with Crippen molar-refractivity contribution in [2.75, 3.05) is 12.8 Å². The smallest absolute Gasteiger partial charge is 0.406 e. The second-order valence-corrected chi connectivity index (χ2v) is 9.74. The van der Waals surface area contributed by atoms with Crippen LogP contribution in [0.2, 0.25) is 0 Å². The van der Waals surface area contributed by atoms with Gasteiger partial charge in [0, 0.05) is 24.9 Å². The molecule has 3 aromatic rings. The molecule has 8 heteroatoms. The monoisotopic (exact) mass is 473 g/mol. The van der Waals surface area contributed by atoms with Crippen molar-refractivity contribution in [1.29, 1.82) is 0 Å². The maximum atomic E-state index is 12.9. The summed E-state index contributed by atoms with van der Waals surface area (Å²) >= 11 is 0. The first-order valence-electron chi connectivity index (χ1n) is 10.3. The van der Waals surface area contributed by atoms with Crippen LogP contribution in [-0.4, -0.2) is 32.5 Å². The number of nitrogens with zero attached hydrogens (tertiary/aromatic N) is 1. The summed E-state index contributed by atoms with van der Waals surface area (Å²) in [6.07, 6.45) is -3.31. The highest BCUT2D eigenvalue weighted by Gasteiger charge is 2.36. The molecule has 0 bridgehead atoms. The Morgan fingerprint density at radius 3 is 1.94 bits per heavy atom. The first-order chi connectivity index (χ1) is 15.6. The van der Waals surface area contributed by atoms with Crippen LogP contribution in [0.5, 0.6) is 5.75 Å². The summed E-state index contributed by atoms with van der Waals surface area (Å²) < 4.78 is 67.9. The third kappa shape index (κ3) is 5.22. The van der Waals surface area contributed by atoms with Gasteiger partial charge in [-0.3, -0.25) is 0 Å². The molecule has 0 saturated carbocycles. The van der Waals surface area contributed by atoms with Crippen LogP contribution >= 0.6 is 0 Å². The van der Waals surface area contributed by atoms with Gasteiger partial charge in [0.2, 0.25) is 0 Å². The second kappa shape index (κ2) is 8.94. The summed E-state index contributed by atoms with van der Waals surface area (Å²) in [6, 6.07) is 24.3. The molecule has 0 aromatic heterocycles. The number of alkyl halides is 3. The van der Waals surface area contributed by atoms with Gasteiger partial charge in [-0.15, -0.1) is 13.2 Å². The van der Waals surface area contributed by atoms with Gasteiger partial charge in [0.15, 0.2) is 9.84 Å². The Morgan fingerprint density at radius 2 is 1.48 bits per heavy atom. The molecule has 0 radical (unpaired) electrons. The van der Waals surface area contributed by atoms with Crippen molar-refractivity contribution in [1.82, 2.24) is 4.90 Å². The van der Waals surface area contributed by atoms with Crippen LogP contribution in [0.4, 0.5) is 13.2 Å². The molecule has 3 aromatic carbocycles. The van der Waals surface area contributed by atoms with Gasteiger partial charge in [-0.1, -0.05) is 72.8 Å². The first kappa shape index (κ1) is 22.9. The van der Waals surface area contributed by atoms with Crippen molar-refractivity contribution in [3.63, 3.8) is 0 Å². The van der Waals surface area contributed by atoms with E-state index in [-0.39, 0.29) is 16.5 Å². The second-order valence-electron chi connectivity index (χ2n) is 7.79. The number of rotatable bonds is 6. The van der Waals surface area contributed by atoms with E-state index in [1.165, 1.54) is 12.1 Å². The van der Waals surface area contributed by atoms with E-state index in [0.29, 0.717) is 18.7 Å². The summed E-state index contributed by atoms with van der Waals surface area (Å²) in [6.45, 7) is 0.613. The molecule has 172 valence electrons. The molecule has 0 aliphatic carbocycles. The Hall–Kier alpha value is -3.26. The van der Waals surface area contributed by atoms with E-state index < -0.39 is 21.9 Å². The van der Waals surface area contributed by atoms with Gasteiger partial charge in [-0.25, -0.2) is 8.42 Å². The molecule has 1 aliphatic heterocycles. The molecule has 1 heterocycles. The van der Waals surface area contributed by atoms with Gasteiger partial charge in [0.25, 0.3) is 0 Å². The molecule has 0 spiro atoms. The van der Waals surface area contributed by atoms with Gasteiger partial charge in [-0.05, 0) is 28.8 Å². The molecule has 0 atom stereocenters. The highest BCUT2D eigenvalue weighted by molar-refractivity contribution is 8.00. The van der Waals surface area contributed by atoms with Crippen LogP contribution in [-0.2, 0) is 9.84 Å². The predicted molar refractivity (Wildman–Crippen MR) is 121 cm³/mol. The van der Waals surface area contributed by atoms with Crippen molar-refractivity contribution in [3.05, 3.63) is 107 Å². The average molecular weight is 474 g/mol. The van der Waals surface area contributed by atoms with E-state index >= 15 is 0 Å². The molecule has 4 nitrogen and oxygen atoms in total. The summed E-state index contributed by atoms with van der Waals surface area (Å²) in [5, 5.41) is 0. The van der Waals surface area contributed by atoms with Gasteiger partial charge in [0.05, 0.1) is 10.9 Å². The maximum Gasteiger partial charge on any atom is 0.573 e. The Kier molecular flexibility index (Phi) is 6.21. The zero-order chi connectivity index (χ0) is 23.6. The minimum atomic E-state index is -4.87. The van der Waals surface area contributed by atoms with Gasteiger partial charge in [0.1, 0.15) is 5.75 Å². The van der Waals surface area contributed by atoms with Gasteiger partial charge in [-0.2, -0.15) is 0 Å². The maximum absolute atomic E-state index is 12.9. The number of sulfone groups is 1. The van der Waals surface area contributed by atoms with Crippen LogP contribution in [0.25, 0.3) is 4.91 Å². The molecule has 1 fully saturated rings. The van der Waals surface area contributed by atoms with E-state index in [2.05, 4.69) is 4.74 Å². The van der Waals surface area contributed by atoms with Gasteiger partial charge < -0.3 is 9.64 Å². The number of likely N-dealkylation sites (tertiary alicyclic amines) is 1. The number of halogens is 3. The third-order valence-corrected chi connectivity index (χ3v) is 6.65. The van der Waals surface area contributed by atoms with E-state index in [0.717, 1.165) is 29.5 Å². The van der Waals surface area contributed by atoms with E-state index in [4.69, 9.17) is 0 Å². The molecule has 1 saturated heterocycles. The van der Waals surface area contributed by atoms with E-state index in [1.54, 1.807) is 0 Å². The van der Waals surface area contributed by atoms with E-state index in [1.807, 2.05) is 65.6 Å². The summed E-state index contributed by atoms with van der Waals surface area (Å²) in [5.41, 5.74) is 2.71. The van der Waals surface area contributed by atoms with Crippen LogP contribution in [0, 0.1) is 0 Å². The normalized spacial score (nSPS) is 15.8. The number of ether oxygens (including phenoxy) is 1. The molecule has 1 aliphatic rings. The highest BCUT2D eigenvalue weighted by atomic mass is 32.2. The molecule has 0 N–H and O–H groups in total. The fourth-order valence-corrected chi connectivity index (χ4v) is 5.34. The van der Waals surface area contributed by atoms with Crippen LogP contribution in [0.1, 0.15) is 29.2 Å². The lowest BCUT2D eigenvalue weighted by atomic mass is 9.92. The number of benzene rings is 3. The minimum absolute atomic E-state index is 0.0123. The first-order valence-corrected chi connectivity index (χ1v) is 12.2. The van der Waals surface area contributed by atoms with Crippen molar-refractivity contribution >= 4 is 14.7 Å². The summed E-state index contributed by atoms with van der Waals surface area (Å²) in [5.74, 6) is -0.463. The zero-order valence-corrected chi connectivity index (χ0v) is 18.6. The van der Waals surface area contributed by atoms with Crippen molar-refractivity contribution in [2.24, 2.45) is 0 Å². The van der Waals surface area contributed by atoms with Crippen LogP contribution in [0.3, 0.4) is 0 Å². The highest BCUT2D eigenvalue weighted by Crippen LogP contribution is 2.43. The molecule has 0 unspecified atom stereocenters. The molecule has 33 heavy (non-hydrogen) atoms. The van der Waals surface area contributed by atoms with Crippen LogP contribution < -0.4 is 4.74 Å². The SMILES string of the molecule is CS(=O)(=O)C(=C1CCN1C(c1ccccc1)c1ccccc1)c1cccc(OC(F)(F)F)c1.